The Hall–Kier alpha value is -2.02. The van der Waals surface area contributed by atoms with Crippen molar-refractivity contribution in [1.82, 2.24) is 4.90 Å². The third-order valence-corrected chi connectivity index (χ3v) is 5.00. The first-order valence-corrected chi connectivity index (χ1v) is 8.59. The standard InChI is InChI=1S/C17H18BrNO5/c1-2-23-14-8-11(10-20)7-12-13(18)9-17(24-15(12)14)3-5-19(6-4-17)16(21)22/h7-10H,2-6H2,1H3,(H,21,22). The fraction of sp³-hybridized carbons (Fsp3) is 0.412. The largest absolute Gasteiger partial charge is 0.490 e. The highest BCUT2D eigenvalue weighted by molar-refractivity contribution is 9.15. The fourth-order valence-corrected chi connectivity index (χ4v) is 3.81. The smallest absolute Gasteiger partial charge is 0.407 e. The van der Waals surface area contributed by atoms with Gasteiger partial charge in [0.25, 0.3) is 0 Å². The van der Waals surface area contributed by atoms with Crippen molar-refractivity contribution in [3.63, 3.8) is 0 Å². The highest BCUT2D eigenvalue weighted by Gasteiger charge is 2.40. The van der Waals surface area contributed by atoms with Crippen molar-refractivity contribution in [2.45, 2.75) is 25.4 Å². The molecule has 3 rings (SSSR count). The molecule has 0 aromatic heterocycles. The van der Waals surface area contributed by atoms with Crippen molar-refractivity contribution < 1.29 is 24.2 Å². The number of nitrogens with zero attached hydrogens (tertiary/aromatic N) is 1. The van der Waals surface area contributed by atoms with E-state index in [1.54, 1.807) is 12.1 Å². The molecule has 2 heterocycles. The molecular formula is C17H18BrNO5. The van der Waals surface area contributed by atoms with E-state index in [2.05, 4.69) is 15.9 Å². The average molecular weight is 396 g/mol. The molecule has 128 valence electrons. The van der Waals surface area contributed by atoms with Crippen LogP contribution in [0.1, 0.15) is 35.7 Å². The number of benzene rings is 1. The lowest BCUT2D eigenvalue weighted by Crippen LogP contribution is -2.49. The van der Waals surface area contributed by atoms with Gasteiger partial charge in [-0.2, -0.15) is 0 Å². The predicted octanol–water partition coefficient (Wildman–Crippen LogP) is 3.54. The lowest BCUT2D eigenvalue weighted by molar-refractivity contribution is 0.0376. The Bertz CT molecular complexity index is 707. The maximum absolute atomic E-state index is 11.2. The number of hydrogen-bond donors (Lipinski definition) is 1. The number of rotatable bonds is 3. The van der Waals surface area contributed by atoms with E-state index in [1.165, 1.54) is 4.90 Å². The van der Waals surface area contributed by atoms with Gasteiger partial charge in [-0.25, -0.2) is 4.79 Å². The monoisotopic (exact) mass is 395 g/mol. The lowest BCUT2D eigenvalue weighted by atomic mass is 9.88. The van der Waals surface area contributed by atoms with Crippen LogP contribution in [0.15, 0.2) is 18.2 Å². The highest BCUT2D eigenvalue weighted by Crippen LogP contribution is 2.47. The van der Waals surface area contributed by atoms with Gasteiger partial charge in [0.2, 0.25) is 0 Å². The first kappa shape index (κ1) is 16.8. The topological polar surface area (TPSA) is 76.1 Å². The van der Waals surface area contributed by atoms with Crippen LogP contribution in [0, 0.1) is 0 Å². The average Bonchev–Trinajstić information content (AvgIpc) is 2.56. The third kappa shape index (κ3) is 3.00. The van der Waals surface area contributed by atoms with Crippen molar-refractivity contribution in [2.24, 2.45) is 0 Å². The van der Waals surface area contributed by atoms with E-state index >= 15 is 0 Å². The Kier molecular flexibility index (Phi) is 4.54. The molecule has 6 nitrogen and oxygen atoms in total. The second-order valence-electron chi connectivity index (χ2n) is 5.88. The van der Waals surface area contributed by atoms with Crippen LogP contribution in [-0.4, -0.2) is 47.7 Å². The van der Waals surface area contributed by atoms with Crippen LogP contribution in [0.25, 0.3) is 4.48 Å². The van der Waals surface area contributed by atoms with Crippen LogP contribution in [-0.2, 0) is 0 Å². The predicted molar refractivity (Wildman–Crippen MR) is 92.1 cm³/mol. The zero-order chi connectivity index (χ0) is 17.3. The molecule has 7 heteroatoms. The number of carboxylic acid groups (broad SMARTS) is 1. The summed E-state index contributed by atoms with van der Waals surface area (Å²) in [5.41, 5.74) is 0.726. The van der Waals surface area contributed by atoms with E-state index in [1.807, 2.05) is 13.0 Å². The van der Waals surface area contributed by atoms with Crippen LogP contribution in [0.5, 0.6) is 11.5 Å². The van der Waals surface area contributed by atoms with Crippen LogP contribution in [0.2, 0.25) is 0 Å². The van der Waals surface area contributed by atoms with Crippen LogP contribution < -0.4 is 9.47 Å². The van der Waals surface area contributed by atoms with E-state index in [4.69, 9.17) is 14.6 Å². The quantitative estimate of drug-likeness (QED) is 0.792. The Morgan fingerprint density at radius 1 is 1.46 bits per heavy atom. The first-order chi connectivity index (χ1) is 11.5. The molecule has 24 heavy (non-hydrogen) atoms. The van der Waals surface area contributed by atoms with Gasteiger partial charge in [0.05, 0.1) is 6.61 Å². The minimum atomic E-state index is -0.908. The first-order valence-electron chi connectivity index (χ1n) is 7.79. The van der Waals surface area contributed by atoms with Crippen molar-refractivity contribution in [3.05, 3.63) is 29.3 Å². The number of aldehydes is 1. The molecule has 0 atom stereocenters. The van der Waals surface area contributed by atoms with Gasteiger partial charge in [0, 0.05) is 41.5 Å². The van der Waals surface area contributed by atoms with E-state index in [0.29, 0.717) is 49.6 Å². The molecule has 1 spiro atoms. The number of likely N-dealkylation sites (tertiary alicyclic amines) is 1. The van der Waals surface area contributed by atoms with Crippen LogP contribution in [0.3, 0.4) is 0 Å². The highest BCUT2D eigenvalue weighted by atomic mass is 79.9. The van der Waals surface area contributed by atoms with E-state index < -0.39 is 11.7 Å². The summed E-state index contributed by atoms with van der Waals surface area (Å²) >= 11 is 3.57. The number of piperidine rings is 1. The summed E-state index contributed by atoms with van der Waals surface area (Å²) in [4.78, 5) is 23.7. The molecular weight excluding hydrogens is 378 g/mol. The van der Waals surface area contributed by atoms with Gasteiger partial charge >= 0.3 is 6.09 Å². The molecule has 1 saturated heterocycles. The lowest BCUT2D eigenvalue weighted by Gasteiger charge is -2.42. The molecule has 0 saturated carbocycles. The Labute approximate surface area is 148 Å². The second kappa shape index (κ2) is 6.47. The van der Waals surface area contributed by atoms with Crippen LogP contribution >= 0.6 is 15.9 Å². The number of ether oxygens (including phenoxy) is 2. The molecule has 0 unspecified atom stereocenters. The van der Waals surface area contributed by atoms with Crippen molar-refractivity contribution in [3.8, 4) is 11.5 Å². The summed E-state index contributed by atoms with van der Waals surface area (Å²) in [7, 11) is 0. The van der Waals surface area contributed by atoms with E-state index in [9.17, 15) is 9.59 Å². The maximum Gasteiger partial charge on any atom is 0.407 e. The summed E-state index contributed by atoms with van der Waals surface area (Å²) in [6.45, 7) is 3.16. The van der Waals surface area contributed by atoms with Gasteiger partial charge in [-0.05, 0) is 25.1 Å². The Morgan fingerprint density at radius 3 is 2.75 bits per heavy atom. The van der Waals surface area contributed by atoms with Crippen LogP contribution in [0.4, 0.5) is 4.79 Å². The van der Waals surface area contributed by atoms with Crippen molar-refractivity contribution >= 4 is 32.8 Å². The van der Waals surface area contributed by atoms with E-state index in [-0.39, 0.29) is 0 Å². The van der Waals surface area contributed by atoms with Gasteiger partial charge in [-0.1, -0.05) is 15.9 Å². The molecule has 2 aliphatic rings. The summed E-state index contributed by atoms with van der Waals surface area (Å²) in [6.07, 6.45) is 2.97. The van der Waals surface area contributed by atoms with Gasteiger partial charge in [-0.15, -0.1) is 0 Å². The Morgan fingerprint density at radius 2 is 2.17 bits per heavy atom. The summed E-state index contributed by atoms with van der Waals surface area (Å²) < 4.78 is 12.8. The number of carbonyl (C=O) groups excluding carboxylic acids is 1. The van der Waals surface area contributed by atoms with E-state index in [0.717, 1.165) is 16.3 Å². The summed E-state index contributed by atoms with van der Waals surface area (Å²) in [5, 5.41) is 9.11. The number of carbonyl (C=O) groups is 2. The number of fused-ring (bicyclic) bond motifs is 1. The molecule has 2 aliphatic heterocycles. The summed E-state index contributed by atoms with van der Waals surface area (Å²) in [6, 6.07) is 3.42. The fourth-order valence-electron chi connectivity index (χ4n) is 3.10. The van der Waals surface area contributed by atoms with Crippen molar-refractivity contribution in [1.29, 1.82) is 0 Å². The van der Waals surface area contributed by atoms with Crippen molar-refractivity contribution in [2.75, 3.05) is 19.7 Å². The Balaban J connectivity index is 1.96. The summed E-state index contributed by atoms with van der Waals surface area (Å²) in [5.74, 6) is 1.13. The van der Waals surface area contributed by atoms with Gasteiger partial charge in [0.15, 0.2) is 11.5 Å². The molecule has 1 fully saturated rings. The minimum Gasteiger partial charge on any atom is -0.490 e. The molecule has 1 aromatic carbocycles. The maximum atomic E-state index is 11.2. The zero-order valence-corrected chi connectivity index (χ0v) is 14.8. The molecule has 1 amide bonds. The molecule has 0 radical (unpaired) electrons. The zero-order valence-electron chi connectivity index (χ0n) is 13.3. The third-order valence-electron chi connectivity index (χ3n) is 4.35. The van der Waals surface area contributed by atoms with Gasteiger partial charge in [-0.3, -0.25) is 4.79 Å². The normalized spacial score (nSPS) is 18.4. The SMILES string of the molecule is CCOc1cc(C=O)cc2c1OC1(C=C2Br)CCN(C(=O)O)CC1. The van der Waals surface area contributed by atoms with Gasteiger partial charge < -0.3 is 19.5 Å². The van der Waals surface area contributed by atoms with Gasteiger partial charge in [0.1, 0.15) is 11.9 Å². The number of hydrogen-bond acceptors (Lipinski definition) is 4. The second-order valence-corrected chi connectivity index (χ2v) is 6.73. The molecule has 1 N–H and O–H groups in total. The number of amides is 1. The minimum absolute atomic E-state index is 0.415. The molecule has 0 aliphatic carbocycles. The number of halogens is 1. The molecule has 0 bridgehead atoms. The molecule has 1 aromatic rings.